The quantitative estimate of drug-likeness (QED) is 0.607. The molecular formula is C15H25N3O2. The van der Waals surface area contributed by atoms with Crippen molar-refractivity contribution in [2.75, 3.05) is 32.8 Å². The highest BCUT2D eigenvalue weighted by Gasteiger charge is 2.28. The van der Waals surface area contributed by atoms with E-state index in [2.05, 4.69) is 17.2 Å². The average Bonchev–Trinajstić information content (AvgIpc) is 2.50. The fourth-order valence-electron chi connectivity index (χ4n) is 2.58. The van der Waals surface area contributed by atoms with E-state index in [0.717, 1.165) is 37.6 Å². The fourth-order valence-corrected chi connectivity index (χ4v) is 2.58. The molecule has 2 rings (SSSR count). The standard InChI is InChI=1S/C15H25N3O2/c1-3-18-9-10-20-14(11-18)15(17-16)12-5-7-13(8-6-12)19-4-2/h5-8,14-15,17H,3-4,9-11,16H2,1-2H3. The van der Waals surface area contributed by atoms with Crippen LogP contribution in [-0.4, -0.2) is 43.9 Å². The summed E-state index contributed by atoms with van der Waals surface area (Å²) in [5.74, 6) is 6.62. The summed E-state index contributed by atoms with van der Waals surface area (Å²) in [6.07, 6.45) is 0.0756. The minimum Gasteiger partial charge on any atom is -0.494 e. The molecule has 5 heteroatoms. The van der Waals surface area contributed by atoms with E-state index in [0.29, 0.717) is 6.61 Å². The van der Waals surface area contributed by atoms with Crippen molar-refractivity contribution in [3.05, 3.63) is 29.8 Å². The van der Waals surface area contributed by atoms with Crippen LogP contribution in [0.4, 0.5) is 0 Å². The molecule has 1 saturated heterocycles. The zero-order chi connectivity index (χ0) is 14.4. The van der Waals surface area contributed by atoms with Crippen molar-refractivity contribution in [2.24, 2.45) is 5.84 Å². The molecule has 20 heavy (non-hydrogen) atoms. The smallest absolute Gasteiger partial charge is 0.119 e. The Kier molecular flexibility index (Phi) is 5.79. The van der Waals surface area contributed by atoms with Crippen molar-refractivity contribution >= 4 is 0 Å². The number of morpholine rings is 1. The van der Waals surface area contributed by atoms with Crippen LogP contribution in [0.2, 0.25) is 0 Å². The maximum absolute atomic E-state index is 5.88. The Morgan fingerprint density at radius 1 is 1.40 bits per heavy atom. The summed E-state index contributed by atoms with van der Waals surface area (Å²) in [4.78, 5) is 2.38. The van der Waals surface area contributed by atoms with E-state index < -0.39 is 0 Å². The molecule has 1 aromatic carbocycles. The van der Waals surface area contributed by atoms with Gasteiger partial charge in [-0.1, -0.05) is 19.1 Å². The molecule has 1 heterocycles. The summed E-state index contributed by atoms with van der Waals surface area (Å²) in [6, 6.07) is 8.04. The van der Waals surface area contributed by atoms with Crippen molar-refractivity contribution in [3.63, 3.8) is 0 Å². The lowest BCUT2D eigenvalue weighted by molar-refractivity contribution is -0.0456. The van der Waals surface area contributed by atoms with Gasteiger partial charge in [0.15, 0.2) is 0 Å². The van der Waals surface area contributed by atoms with Gasteiger partial charge >= 0.3 is 0 Å². The number of nitrogens with two attached hydrogens (primary N) is 1. The molecule has 1 aromatic rings. The molecule has 0 aliphatic carbocycles. The average molecular weight is 279 g/mol. The van der Waals surface area contributed by atoms with E-state index in [9.17, 15) is 0 Å². The van der Waals surface area contributed by atoms with Crippen LogP contribution in [0.3, 0.4) is 0 Å². The number of nitrogens with zero attached hydrogens (tertiary/aromatic N) is 1. The Hall–Kier alpha value is -1.14. The number of nitrogens with one attached hydrogen (secondary N) is 1. The van der Waals surface area contributed by atoms with E-state index in [1.807, 2.05) is 31.2 Å². The van der Waals surface area contributed by atoms with Crippen LogP contribution >= 0.6 is 0 Å². The van der Waals surface area contributed by atoms with Crippen LogP contribution in [0.1, 0.15) is 25.5 Å². The molecule has 1 aliphatic heterocycles. The fraction of sp³-hybridized carbons (Fsp3) is 0.600. The van der Waals surface area contributed by atoms with Gasteiger partial charge in [0.05, 0.1) is 25.4 Å². The lowest BCUT2D eigenvalue weighted by Gasteiger charge is -2.36. The summed E-state index contributed by atoms with van der Waals surface area (Å²) in [6.45, 7) is 8.52. The molecule has 0 aromatic heterocycles. The van der Waals surface area contributed by atoms with Gasteiger partial charge in [-0.15, -0.1) is 0 Å². The van der Waals surface area contributed by atoms with Gasteiger partial charge in [0, 0.05) is 13.1 Å². The second-order valence-electron chi connectivity index (χ2n) is 4.95. The van der Waals surface area contributed by atoms with Gasteiger partial charge in [0.1, 0.15) is 5.75 Å². The lowest BCUT2D eigenvalue weighted by Crippen LogP contribution is -2.49. The summed E-state index contributed by atoms with van der Waals surface area (Å²) in [7, 11) is 0. The van der Waals surface area contributed by atoms with Crippen molar-refractivity contribution in [2.45, 2.75) is 26.0 Å². The molecule has 1 fully saturated rings. The van der Waals surface area contributed by atoms with Crippen LogP contribution in [0, 0.1) is 0 Å². The van der Waals surface area contributed by atoms with E-state index in [1.54, 1.807) is 0 Å². The predicted octanol–water partition coefficient (Wildman–Crippen LogP) is 1.31. The topological polar surface area (TPSA) is 59.8 Å². The third-order valence-corrected chi connectivity index (χ3v) is 3.73. The van der Waals surface area contributed by atoms with E-state index in [4.69, 9.17) is 15.3 Å². The normalized spacial score (nSPS) is 21.6. The molecule has 112 valence electrons. The monoisotopic (exact) mass is 279 g/mol. The Morgan fingerprint density at radius 2 is 2.15 bits per heavy atom. The van der Waals surface area contributed by atoms with Crippen molar-refractivity contribution < 1.29 is 9.47 Å². The van der Waals surface area contributed by atoms with Crippen molar-refractivity contribution in [3.8, 4) is 5.75 Å². The first kappa shape index (κ1) is 15.3. The van der Waals surface area contributed by atoms with E-state index in [1.165, 1.54) is 0 Å². The zero-order valence-corrected chi connectivity index (χ0v) is 12.3. The molecule has 1 aliphatic rings. The predicted molar refractivity (Wildman–Crippen MR) is 79.5 cm³/mol. The SMILES string of the molecule is CCOc1ccc(C(NN)C2CN(CC)CCO2)cc1. The summed E-state index contributed by atoms with van der Waals surface area (Å²) < 4.78 is 11.3. The van der Waals surface area contributed by atoms with Crippen LogP contribution in [-0.2, 0) is 4.74 Å². The van der Waals surface area contributed by atoms with Gasteiger partial charge < -0.3 is 9.47 Å². The van der Waals surface area contributed by atoms with E-state index >= 15 is 0 Å². The van der Waals surface area contributed by atoms with Gasteiger partial charge in [0.25, 0.3) is 0 Å². The number of hydrazine groups is 1. The molecule has 0 amide bonds. The summed E-state index contributed by atoms with van der Waals surface area (Å²) in [5, 5.41) is 0. The summed E-state index contributed by atoms with van der Waals surface area (Å²) >= 11 is 0. The van der Waals surface area contributed by atoms with Crippen LogP contribution in [0.15, 0.2) is 24.3 Å². The second kappa shape index (κ2) is 7.59. The molecule has 0 saturated carbocycles. The number of hydrogen-bond donors (Lipinski definition) is 2. The first-order chi connectivity index (χ1) is 9.78. The largest absolute Gasteiger partial charge is 0.494 e. The first-order valence-corrected chi connectivity index (χ1v) is 7.31. The minimum absolute atomic E-state index is 0.0000246. The maximum Gasteiger partial charge on any atom is 0.119 e. The summed E-state index contributed by atoms with van der Waals surface area (Å²) in [5.41, 5.74) is 4.02. The number of benzene rings is 1. The van der Waals surface area contributed by atoms with Crippen LogP contribution in [0.5, 0.6) is 5.75 Å². The minimum atomic E-state index is 0.0000246. The van der Waals surface area contributed by atoms with Gasteiger partial charge in [-0.05, 0) is 31.2 Å². The lowest BCUT2D eigenvalue weighted by atomic mass is 10.0. The number of likely N-dealkylation sites (N-methyl/N-ethyl adjacent to an activating group) is 1. The van der Waals surface area contributed by atoms with Crippen molar-refractivity contribution in [1.29, 1.82) is 0 Å². The van der Waals surface area contributed by atoms with Gasteiger partial charge in [-0.25, -0.2) is 0 Å². The number of hydrogen-bond acceptors (Lipinski definition) is 5. The third kappa shape index (κ3) is 3.70. The molecule has 0 radical (unpaired) electrons. The molecule has 2 atom stereocenters. The highest BCUT2D eigenvalue weighted by Crippen LogP contribution is 2.24. The third-order valence-electron chi connectivity index (χ3n) is 3.73. The number of ether oxygens (including phenoxy) is 2. The van der Waals surface area contributed by atoms with Crippen molar-refractivity contribution in [1.82, 2.24) is 10.3 Å². The van der Waals surface area contributed by atoms with Crippen LogP contribution in [0.25, 0.3) is 0 Å². The van der Waals surface area contributed by atoms with Gasteiger partial charge in [-0.2, -0.15) is 0 Å². The Bertz CT molecular complexity index is 397. The van der Waals surface area contributed by atoms with Gasteiger partial charge in [0.2, 0.25) is 0 Å². The molecule has 3 N–H and O–H groups in total. The number of rotatable bonds is 6. The van der Waals surface area contributed by atoms with Gasteiger partial charge in [-0.3, -0.25) is 16.2 Å². The van der Waals surface area contributed by atoms with Crippen LogP contribution < -0.4 is 16.0 Å². The first-order valence-electron chi connectivity index (χ1n) is 7.31. The molecule has 0 spiro atoms. The Balaban J connectivity index is 2.06. The molecular weight excluding hydrogens is 254 g/mol. The Labute approximate surface area is 121 Å². The molecule has 0 bridgehead atoms. The highest BCUT2D eigenvalue weighted by atomic mass is 16.5. The van der Waals surface area contributed by atoms with E-state index in [-0.39, 0.29) is 12.1 Å². The highest BCUT2D eigenvalue weighted by molar-refractivity contribution is 5.29. The maximum atomic E-state index is 5.88. The molecule has 2 unspecified atom stereocenters. The second-order valence-corrected chi connectivity index (χ2v) is 4.95. The zero-order valence-electron chi connectivity index (χ0n) is 12.3. The molecule has 5 nitrogen and oxygen atoms in total. The Morgan fingerprint density at radius 3 is 2.75 bits per heavy atom.